The monoisotopic (exact) mass is 171 g/mol. The third-order valence-electron chi connectivity index (χ3n) is 2.37. The minimum atomic E-state index is 0.214. The maximum Gasteiger partial charge on any atom is 0.0724 e. The quantitative estimate of drug-likeness (QED) is 0.685. The summed E-state index contributed by atoms with van der Waals surface area (Å²) in [6.45, 7) is 6.62. The Morgan fingerprint density at radius 1 is 1.25 bits per heavy atom. The fourth-order valence-corrected chi connectivity index (χ4v) is 1.93. The van der Waals surface area contributed by atoms with Crippen molar-refractivity contribution in [2.24, 2.45) is 0 Å². The van der Waals surface area contributed by atoms with Crippen LogP contribution in [0.4, 0.5) is 0 Å². The molecule has 12 heavy (non-hydrogen) atoms. The van der Waals surface area contributed by atoms with Gasteiger partial charge in [0.05, 0.1) is 6.10 Å². The molecule has 1 saturated carbocycles. The molecule has 0 aromatic carbocycles. The Morgan fingerprint density at radius 3 is 2.42 bits per heavy atom. The minimum absolute atomic E-state index is 0.214. The Hall–Kier alpha value is -0.0800. The lowest BCUT2D eigenvalue weighted by molar-refractivity contribution is 0.0768. The third-order valence-corrected chi connectivity index (χ3v) is 2.37. The van der Waals surface area contributed by atoms with E-state index >= 15 is 0 Å². The fourth-order valence-electron chi connectivity index (χ4n) is 1.93. The predicted molar refractivity (Wildman–Crippen MR) is 51.3 cm³/mol. The second-order valence-electron chi connectivity index (χ2n) is 4.71. The maximum atomic E-state index is 5.41. The molecule has 1 aliphatic rings. The van der Waals surface area contributed by atoms with Crippen LogP contribution in [0.3, 0.4) is 0 Å². The van der Waals surface area contributed by atoms with Gasteiger partial charge in [0, 0.05) is 18.7 Å². The molecule has 72 valence electrons. The smallest absolute Gasteiger partial charge is 0.0724 e. The Labute approximate surface area is 75.7 Å². The van der Waals surface area contributed by atoms with Crippen LogP contribution >= 0.6 is 0 Å². The van der Waals surface area contributed by atoms with Gasteiger partial charge >= 0.3 is 0 Å². The van der Waals surface area contributed by atoms with E-state index in [0.717, 1.165) is 0 Å². The van der Waals surface area contributed by atoms with Gasteiger partial charge in [-0.05, 0) is 40.0 Å². The summed E-state index contributed by atoms with van der Waals surface area (Å²) in [6.07, 6.45) is 4.20. The summed E-state index contributed by atoms with van der Waals surface area (Å²) < 4.78 is 5.41. The van der Waals surface area contributed by atoms with Crippen LogP contribution in [0.15, 0.2) is 0 Å². The minimum Gasteiger partial charge on any atom is -0.380 e. The van der Waals surface area contributed by atoms with Crippen LogP contribution in [0.5, 0.6) is 0 Å². The number of rotatable bonds is 2. The van der Waals surface area contributed by atoms with Crippen LogP contribution in [-0.4, -0.2) is 24.8 Å². The Bertz CT molecular complexity index is 139. The van der Waals surface area contributed by atoms with Crippen molar-refractivity contribution in [3.05, 3.63) is 0 Å². The van der Waals surface area contributed by atoms with Gasteiger partial charge in [0.15, 0.2) is 0 Å². The van der Waals surface area contributed by atoms with Crippen molar-refractivity contribution in [2.45, 2.75) is 57.7 Å². The lowest BCUT2D eigenvalue weighted by atomic mass is 10.1. The summed E-state index contributed by atoms with van der Waals surface area (Å²) in [7, 11) is 1.81. The molecule has 0 aliphatic heterocycles. The van der Waals surface area contributed by atoms with Crippen LogP contribution in [0, 0.1) is 0 Å². The number of hydrogen-bond acceptors (Lipinski definition) is 2. The topological polar surface area (TPSA) is 21.3 Å². The lowest BCUT2D eigenvalue weighted by Gasteiger charge is -2.29. The molecule has 1 rings (SSSR count). The molecule has 2 heteroatoms. The molecule has 0 amide bonds. The maximum absolute atomic E-state index is 5.41. The van der Waals surface area contributed by atoms with E-state index in [-0.39, 0.29) is 5.54 Å². The molecular weight excluding hydrogens is 150 g/mol. The van der Waals surface area contributed by atoms with E-state index in [1.165, 1.54) is 19.3 Å². The average Bonchev–Trinajstić information content (AvgIpc) is 2.31. The first-order chi connectivity index (χ1) is 5.53. The number of ether oxygens (including phenoxy) is 1. The van der Waals surface area contributed by atoms with Gasteiger partial charge in [-0.1, -0.05) is 0 Å². The Balaban J connectivity index is 2.41. The van der Waals surface area contributed by atoms with E-state index in [1.807, 2.05) is 7.11 Å². The predicted octanol–water partition coefficient (Wildman–Crippen LogP) is 1.94. The second-order valence-corrected chi connectivity index (χ2v) is 4.71. The van der Waals surface area contributed by atoms with Crippen LogP contribution in [0.25, 0.3) is 0 Å². The van der Waals surface area contributed by atoms with Gasteiger partial charge in [0.1, 0.15) is 0 Å². The summed E-state index contributed by atoms with van der Waals surface area (Å²) in [5, 5.41) is 3.59. The summed E-state index contributed by atoms with van der Waals surface area (Å²) in [5.41, 5.74) is 0.214. The fraction of sp³-hybridized carbons (Fsp3) is 1.00. The SMILES string of the molecule is COC1CCCC1NC(C)(C)C. The molecule has 2 nitrogen and oxygen atoms in total. The molecule has 2 unspecified atom stereocenters. The highest BCUT2D eigenvalue weighted by Crippen LogP contribution is 2.23. The first-order valence-corrected chi connectivity index (χ1v) is 4.83. The van der Waals surface area contributed by atoms with E-state index in [0.29, 0.717) is 12.1 Å². The summed E-state index contributed by atoms with van der Waals surface area (Å²) in [4.78, 5) is 0. The molecule has 0 radical (unpaired) electrons. The molecule has 0 aromatic heterocycles. The zero-order valence-electron chi connectivity index (χ0n) is 8.68. The van der Waals surface area contributed by atoms with Crippen molar-refractivity contribution in [1.29, 1.82) is 0 Å². The third kappa shape index (κ3) is 2.76. The molecule has 1 N–H and O–H groups in total. The van der Waals surface area contributed by atoms with Gasteiger partial charge in [-0.3, -0.25) is 0 Å². The zero-order valence-corrected chi connectivity index (χ0v) is 8.68. The Kier molecular flexibility index (Phi) is 3.13. The summed E-state index contributed by atoms with van der Waals surface area (Å²) in [6, 6.07) is 0.565. The highest BCUT2D eigenvalue weighted by molar-refractivity contribution is 4.88. The van der Waals surface area contributed by atoms with E-state index in [4.69, 9.17) is 4.74 Å². The summed E-state index contributed by atoms with van der Waals surface area (Å²) in [5.74, 6) is 0. The Morgan fingerprint density at radius 2 is 1.92 bits per heavy atom. The van der Waals surface area contributed by atoms with Crippen molar-refractivity contribution in [1.82, 2.24) is 5.32 Å². The molecule has 0 saturated heterocycles. The van der Waals surface area contributed by atoms with Gasteiger partial charge in [-0.25, -0.2) is 0 Å². The van der Waals surface area contributed by atoms with Crippen molar-refractivity contribution in [3.8, 4) is 0 Å². The molecular formula is C10H21NO. The number of nitrogens with one attached hydrogen (secondary N) is 1. The van der Waals surface area contributed by atoms with Gasteiger partial charge in [0.25, 0.3) is 0 Å². The van der Waals surface area contributed by atoms with Crippen molar-refractivity contribution >= 4 is 0 Å². The van der Waals surface area contributed by atoms with E-state index < -0.39 is 0 Å². The zero-order chi connectivity index (χ0) is 9.19. The molecule has 1 fully saturated rings. The molecule has 2 atom stereocenters. The number of methoxy groups -OCH3 is 1. The van der Waals surface area contributed by atoms with E-state index in [9.17, 15) is 0 Å². The van der Waals surface area contributed by atoms with Crippen LogP contribution < -0.4 is 5.32 Å². The van der Waals surface area contributed by atoms with Crippen LogP contribution in [0.2, 0.25) is 0 Å². The average molecular weight is 171 g/mol. The van der Waals surface area contributed by atoms with Gasteiger partial charge in [-0.15, -0.1) is 0 Å². The normalized spacial score (nSPS) is 31.0. The second kappa shape index (κ2) is 3.75. The molecule has 0 spiro atoms. The highest BCUT2D eigenvalue weighted by Gasteiger charge is 2.29. The van der Waals surface area contributed by atoms with Gasteiger partial charge < -0.3 is 10.1 Å². The molecule has 0 heterocycles. The van der Waals surface area contributed by atoms with Crippen molar-refractivity contribution in [2.75, 3.05) is 7.11 Å². The molecule has 0 bridgehead atoms. The van der Waals surface area contributed by atoms with Crippen molar-refractivity contribution in [3.63, 3.8) is 0 Å². The molecule has 1 aliphatic carbocycles. The first kappa shape index (κ1) is 10.0. The first-order valence-electron chi connectivity index (χ1n) is 4.83. The van der Waals surface area contributed by atoms with Crippen LogP contribution in [0.1, 0.15) is 40.0 Å². The van der Waals surface area contributed by atoms with Gasteiger partial charge in [0.2, 0.25) is 0 Å². The van der Waals surface area contributed by atoms with E-state index in [2.05, 4.69) is 26.1 Å². The van der Waals surface area contributed by atoms with Crippen LogP contribution in [-0.2, 0) is 4.74 Å². The lowest BCUT2D eigenvalue weighted by Crippen LogP contribution is -2.47. The standard InChI is InChI=1S/C10H21NO/c1-10(2,3)11-8-6-5-7-9(8)12-4/h8-9,11H,5-7H2,1-4H3. The highest BCUT2D eigenvalue weighted by atomic mass is 16.5. The van der Waals surface area contributed by atoms with Crippen molar-refractivity contribution < 1.29 is 4.74 Å². The number of hydrogen-bond donors (Lipinski definition) is 1. The largest absolute Gasteiger partial charge is 0.380 e. The van der Waals surface area contributed by atoms with E-state index in [1.54, 1.807) is 0 Å². The van der Waals surface area contributed by atoms with Gasteiger partial charge in [-0.2, -0.15) is 0 Å². The summed E-state index contributed by atoms with van der Waals surface area (Å²) >= 11 is 0. The molecule has 0 aromatic rings.